The van der Waals surface area contributed by atoms with Gasteiger partial charge >= 0.3 is 0 Å². The molecular weight excluding hydrogens is 318 g/mol. The van der Waals surface area contributed by atoms with Crippen LogP contribution in [0.4, 0.5) is 0 Å². The maximum absolute atomic E-state index is 12.0. The number of benzene rings is 1. The van der Waals surface area contributed by atoms with E-state index < -0.39 is 0 Å². The van der Waals surface area contributed by atoms with Gasteiger partial charge in [0.25, 0.3) is 5.91 Å². The van der Waals surface area contributed by atoms with Gasteiger partial charge in [-0.15, -0.1) is 11.3 Å². The van der Waals surface area contributed by atoms with Gasteiger partial charge in [0.2, 0.25) is 0 Å². The summed E-state index contributed by atoms with van der Waals surface area (Å²) in [6.07, 6.45) is 1.27. The molecule has 2 unspecified atom stereocenters. The minimum atomic E-state index is 0.0556. The van der Waals surface area contributed by atoms with Crippen LogP contribution in [0.5, 0.6) is 0 Å². The van der Waals surface area contributed by atoms with Crippen LogP contribution < -0.4 is 5.32 Å². The molecule has 0 aliphatic carbocycles. The minimum absolute atomic E-state index is 0.0556. The average Bonchev–Trinajstić information content (AvgIpc) is 3.33. The molecule has 5 heteroatoms. The molecule has 2 aromatic rings. The van der Waals surface area contributed by atoms with Crippen molar-refractivity contribution in [3.05, 3.63) is 58.3 Å². The van der Waals surface area contributed by atoms with Gasteiger partial charge in [-0.2, -0.15) is 0 Å². The van der Waals surface area contributed by atoms with E-state index >= 15 is 0 Å². The lowest BCUT2D eigenvalue weighted by Crippen LogP contribution is -2.48. The molecular formula is C19H23N3OS. The van der Waals surface area contributed by atoms with Crippen LogP contribution in [-0.4, -0.2) is 54.0 Å². The third-order valence-electron chi connectivity index (χ3n) is 5.13. The number of amides is 1. The first-order valence-corrected chi connectivity index (χ1v) is 9.51. The summed E-state index contributed by atoms with van der Waals surface area (Å²) in [6, 6.07) is 15.8. The van der Waals surface area contributed by atoms with Gasteiger partial charge < -0.3 is 5.32 Å². The second kappa shape index (κ2) is 7.05. The standard InChI is InChI=1S/C19H23N3OS/c23-19(18-7-4-10-24-18)20-8-9-21-13-17-11-16(21)14-22(17)12-15-5-2-1-3-6-15/h1-7,10,16-17H,8-9,11-14H2,(H,20,23). The molecule has 2 saturated heterocycles. The van der Waals surface area contributed by atoms with Crippen LogP contribution in [0.2, 0.25) is 0 Å². The van der Waals surface area contributed by atoms with Gasteiger partial charge in [-0.1, -0.05) is 36.4 Å². The van der Waals surface area contributed by atoms with Crippen molar-refractivity contribution in [1.82, 2.24) is 15.1 Å². The molecule has 126 valence electrons. The summed E-state index contributed by atoms with van der Waals surface area (Å²) in [5.41, 5.74) is 1.40. The quantitative estimate of drug-likeness (QED) is 0.877. The molecule has 4 rings (SSSR count). The van der Waals surface area contributed by atoms with Gasteiger partial charge in [0.15, 0.2) is 0 Å². The van der Waals surface area contributed by atoms with Gasteiger partial charge in [-0.3, -0.25) is 14.6 Å². The molecule has 1 amide bonds. The van der Waals surface area contributed by atoms with E-state index in [2.05, 4.69) is 45.4 Å². The predicted molar refractivity (Wildman–Crippen MR) is 97.3 cm³/mol. The molecule has 0 radical (unpaired) electrons. The molecule has 24 heavy (non-hydrogen) atoms. The van der Waals surface area contributed by atoms with Crippen LogP contribution in [0.15, 0.2) is 47.8 Å². The van der Waals surface area contributed by atoms with Crippen molar-refractivity contribution < 1.29 is 4.79 Å². The summed E-state index contributed by atoms with van der Waals surface area (Å²) in [6.45, 7) is 5.03. The lowest BCUT2D eigenvalue weighted by Gasteiger charge is -2.34. The molecule has 2 fully saturated rings. The van der Waals surface area contributed by atoms with E-state index in [0.717, 1.165) is 37.6 Å². The van der Waals surface area contributed by atoms with Gasteiger partial charge in [-0.05, 0) is 23.4 Å². The Bertz CT molecular complexity index is 673. The summed E-state index contributed by atoms with van der Waals surface area (Å²) < 4.78 is 0. The lowest BCUT2D eigenvalue weighted by molar-refractivity contribution is 0.0935. The van der Waals surface area contributed by atoms with Crippen molar-refractivity contribution in [2.24, 2.45) is 0 Å². The lowest BCUT2D eigenvalue weighted by atomic mass is 10.2. The van der Waals surface area contributed by atoms with Gasteiger partial charge in [0.1, 0.15) is 0 Å². The highest BCUT2D eigenvalue weighted by molar-refractivity contribution is 7.12. The molecule has 2 aliphatic heterocycles. The second-order valence-electron chi connectivity index (χ2n) is 6.69. The Labute approximate surface area is 147 Å². The Morgan fingerprint density at radius 2 is 1.88 bits per heavy atom. The van der Waals surface area contributed by atoms with Crippen molar-refractivity contribution in [1.29, 1.82) is 0 Å². The summed E-state index contributed by atoms with van der Waals surface area (Å²) >= 11 is 1.49. The fourth-order valence-electron chi connectivity index (χ4n) is 3.93. The number of thiophene rings is 1. The van der Waals surface area contributed by atoms with Crippen LogP contribution in [-0.2, 0) is 6.54 Å². The van der Waals surface area contributed by atoms with Crippen molar-refractivity contribution in [2.45, 2.75) is 25.0 Å². The molecule has 0 saturated carbocycles. The molecule has 2 bridgehead atoms. The zero-order valence-electron chi connectivity index (χ0n) is 13.7. The van der Waals surface area contributed by atoms with Gasteiger partial charge in [-0.25, -0.2) is 0 Å². The number of carbonyl (C=O) groups excluding carboxylic acids is 1. The van der Waals surface area contributed by atoms with E-state index in [4.69, 9.17) is 0 Å². The number of hydrogen-bond acceptors (Lipinski definition) is 4. The fraction of sp³-hybridized carbons (Fsp3) is 0.421. The minimum Gasteiger partial charge on any atom is -0.350 e. The van der Waals surface area contributed by atoms with Crippen molar-refractivity contribution in [3.63, 3.8) is 0 Å². The molecule has 4 nitrogen and oxygen atoms in total. The first-order chi connectivity index (χ1) is 11.8. The zero-order chi connectivity index (χ0) is 16.4. The Morgan fingerprint density at radius 3 is 2.58 bits per heavy atom. The smallest absolute Gasteiger partial charge is 0.261 e. The third-order valence-corrected chi connectivity index (χ3v) is 5.99. The molecule has 2 atom stereocenters. The second-order valence-corrected chi connectivity index (χ2v) is 7.63. The third kappa shape index (κ3) is 3.38. The highest BCUT2D eigenvalue weighted by Gasteiger charge is 2.42. The Hall–Kier alpha value is -1.69. The fourth-order valence-corrected chi connectivity index (χ4v) is 4.57. The van der Waals surface area contributed by atoms with Gasteiger partial charge in [0, 0.05) is 44.8 Å². The van der Waals surface area contributed by atoms with Crippen LogP contribution in [0.25, 0.3) is 0 Å². The number of nitrogens with zero attached hydrogens (tertiary/aromatic N) is 2. The average molecular weight is 341 g/mol. The summed E-state index contributed by atoms with van der Waals surface area (Å²) in [5.74, 6) is 0.0556. The maximum Gasteiger partial charge on any atom is 0.261 e. The largest absolute Gasteiger partial charge is 0.350 e. The molecule has 1 N–H and O–H groups in total. The van der Waals surface area contributed by atoms with E-state index in [-0.39, 0.29) is 5.91 Å². The highest BCUT2D eigenvalue weighted by atomic mass is 32.1. The van der Waals surface area contributed by atoms with E-state index in [0.29, 0.717) is 12.1 Å². The molecule has 1 aromatic carbocycles. The number of piperazine rings is 1. The van der Waals surface area contributed by atoms with E-state index in [1.54, 1.807) is 0 Å². The summed E-state index contributed by atoms with van der Waals surface area (Å²) in [5, 5.41) is 4.98. The first kappa shape index (κ1) is 15.8. The monoisotopic (exact) mass is 341 g/mol. The highest BCUT2D eigenvalue weighted by Crippen LogP contribution is 2.31. The number of hydrogen-bond donors (Lipinski definition) is 1. The first-order valence-electron chi connectivity index (χ1n) is 8.63. The van der Waals surface area contributed by atoms with Crippen LogP contribution in [0.1, 0.15) is 21.7 Å². The van der Waals surface area contributed by atoms with Crippen LogP contribution >= 0.6 is 11.3 Å². The Balaban J connectivity index is 1.23. The number of rotatable bonds is 6. The Morgan fingerprint density at radius 1 is 1.08 bits per heavy atom. The normalized spacial score (nSPS) is 23.7. The number of carbonyl (C=O) groups is 1. The molecule has 3 heterocycles. The molecule has 0 spiro atoms. The number of fused-ring (bicyclic) bond motifs is 2. The number of nitrogens with one attached hydrogen (secondary N) is 1. The van der Waals surface area contributed by atoms with E-state index in [1.807, 2.05) is 17.5 Å². The maximum atomic E-state index is 12.0. The molecule has 1 aromatic heterocycles. The van der Waals surface area contributed by atoms with E-state index in [1.165, 1.54) is 23.3 Å². The zero-order valence-corrected chi connectivity index (χ0v) is 14.5. The summed E-state index contributed by atoms with van der Waals surface area (Å²) in [7, 11) is 0. The van der Waals surface area contributed by atoms with Crippen molar-refractivity contribution in [3.8, 4) is 0 Å². The topological polar surface area (TPSA) is 35.6 Å². The molecule has 2 aliphatic rings. The number of likely N-dealkylation sites (tertiary alicyclic amines) is 2. The van der Waals surface area contributed by atoms with Crippen LogP contribution in [0, 0.1) is 0 Å². The Kier molecular flexibility index (Phi) is 4.65. The van der Waals surface area contributed by atoms with Gasteiger partial charge in [0.05, 0.1) is 4.88 Å². The summed E-state index contributed by atoms with van der Waals surface area (Å²) in [4.78, 5) is 17.9. The van der Waals surface area contributed by atoms with Crippen molar-refractivity contribution >= 4 is 17.2 Å². The van der Waals surface area contributed by atoms with E-state index in [9.17, 15) is 4.79 Å². The van der Waals surface area contributed by atoms with Crippen molar-refractivity contribution in [2.75, 3.05) is 26.2 Å². The van der Waals surface area contributed by atoms with Crippen LogP contribution in [0.3, 0.4) is 0 Å². The SMILES string of the molecule is O=C(NCCN1CC2CC1CN2Cc1ccccc1)c1cccs1. The predicted octanol–water partition coefficient (Wildman–Crippen LogP) is 2.44.